The molecule has 1 fully saturated rings. The topological polar surface area (TPSA) is 53.4 Å². The van der Waals surface area contributed by atoms with Gasteiger partial charge in [-0.3, -0.25) is 0 Å². The van der Waals surface area contributed by atoms with Crippen LogP contribution in [0.3, 0.4) is 0 Å². The summed E-state index contributed by atoms with van der Waals surface area (Å²) in [4.78, 5) is 16.9. The van der Waals surface area contributed by atoms with Crippen LogP contribution in [0, 0.1) is 0 Å². The summed E-state index contributed by atoms with van der Waals surface area (Å²) in [6.45, 7) is 1.81. The van der Waals surface area contributed by atoms with Crippen LogP contribution in [0.1, 0.15) is 10.4 Å². The average Bonchev–Trinajstić information content (AvgIpc) is 2.30. The maximum atomic E-state index is 10.7. The standard InChI is InChI=1S/C10H11ClN2O2S/c11-8-5-7(10(14)15)6-12-9(8)13-1-3-16-4-2-13/h5-6H,1-4H2,(H,14,15). The minimum atomic E-state index is -1.00. The second-order valence-corrected chi connectivity index (χ2v) is 5.07. The van der Waals surface area contributed by atoms with Gasteiger partial charge in [-0.1, -0.05) is 11.6 Å². The van der Waals surface area contributed by atoms with E-state index in [4.69, 9.17) is 16.7 Å². The molecule has 16 heavy (non-hydrogen) atoms. The second kappa shape index (κ2) is 4.93. The molecule has 6 heteroatoms. The molecule has 2 rings (SSSR count). The van der Waals surface area contributed by atoms with E-state index in [0.29, 0.717) is 10.8 Å². The van der Waals surface area contributed by atoms with Gasteiger partial charge in [-0.05, 0) is 6.07 Å². The zero-order valence-corrected chi connectivity index (χ0v) is 10.1. The van der Waals surface area contributed by atoms with E-state index in [0.717, 1.165) is 24.6 Å². The summed E-state index contributed by atoms with van der Waals surface area (Å²) in [7, 11) is 0. The van der Waals surface area contributed by atoms with E-state index < -0.39 is 5.97 Å². The Labute approximate surface area is 103 Å². The lowest BCUT2D eigenvalue weighted by Crippen LogP contribution is -2.33. The van der Waals surface area contributed by atoms with Crippen LogP contribution < -0.4 is 4.90 Å². The third-order valence-electron chi connectivity index (χ3n) is 2.38. The van der Waals surface area contributed by atoms with Crippen molar-refractivity contribution in [1.29, 1.82) is 0 Å². The van der Waals surface area contributed by atoms with Crippen LogP contribution in [0.5, 0.6) is 0 Å². The van der Waals surface area contributed by atoms with Gasteiger partial charge < -0.3 is 10.0 Å². The van der Waals surface area contributed by atoms with E-state index in [-0.39, 0.29) is 5.56 Å². The molecule has 0 unspecified atom stereocenters. The molecule has 4 nitrogen and oxygen atoms in total. The van der Waals surface area contributed by atoms with Crippen LogP contribution in [0.15, 0.2) is 12.3 Å². The molecule has 0 radical (unpaired) electrons. The Bertz CT molecular complexity index is 408. The van der Waals surface area contributed by atoms with Crippen LogP contribution in [-0.4, -0.2) is 40.7 Å². The van der Waals surface area contributed by atoms with Crippen molar-refractivity contribution in [2.75, 3.05) is 29.5 Å². The van der Waals surface area contributed by atoms with Gasteiger partial charge in [0.05, 0.1) is 10.6 Å². The molecule has 2 heterocycles. The Morgan fingerprint density at radius 1 is 1.50 bits per heavy atom. The highest BCUT2D eigenvalue weighted by Crippen LogP contribution is 2.26. The molecule has 0 atom stereocenters. The van der Waals surface area contributed by atoms with Crippen LogP contribution in [0.4, 0.5) is 5.82 Å². The third kappa shape index (κ3) is 2.41. The molecule has 0 spiro atoms. The molecule has 1 aromatic heterocycles. The second-order valence-electron chi connectivity index (χ2n) is 3.43. The predicted octanol–water partition coefficient (Wildman–Crippen LogP) is 1.99. The summed E-state index contributed by atoms with van der Waals surface area (Å²) in [6, 6.07) is 1.45. The van der Waals surface area contributed by atoms with Crippen LogP contribution >= 0.6 is 23.4 Å². The van der Waals surface area contributed by atoms with Gasteiger partial charge in [0.25, 0.3) is 0 Å². The predicted molar refractivity (Wildman–Crippen MR) is 65.7 cm³/mol. The fraction of sp³-hybridized carbons (Fsp3) is 0.400. The van der Waals surface area contributed by atoms with E-state index in [9.17, 15) is 4.79 Å². The maximum Gasteiger partial charge on any atom is 0.337 e. The van der Waals surface area contributed by atoms with Crippen molar-refractivity contribution in [3.05, 3.63) is 22.8 Å². The highest BCUT2D eigenvalue weighted by Gasteiger charge is 2.16. The number of carbonyl (C=O) groups is 1. The Kier molecular flexibility index (Phi) is 3.56. The molecule has 0 aromatic carbocycles. The number of anilines is 1. The monoisotopic (exact) mass is 258 g/mol. The molecule has 1 aliphatic rings. The summed E-state index contributed by atoms with van der Waals surface area (Å²) < 4.78 is 0. The van der Waals surface area contributed by atoms with E-state index in [1.165, 1.54) is 12.3 Å². The fourth-order valence-corrected chi connectivity index (χ4v) is 2.74. The van der Waals surface area contributed by atoms with Crippen molar-refractivity contribution < 1.29 is 9.90 Å². The Hall–Kier alpha value is -0.940. The number of rotatable bonds is 2. The van der Waals surface area contributed by atoms with E-state index in [1.54, 1.807) is 0 Å². The first-order chi connectivity index (χ1) is 7.68. The van der Waals surface area contributed by atoms with Crippen molar-refractivity contribution in [2.45, 2.75) is 0 Å². The summed E-state index contributed by atoms with van der Waals surface area (Å²) in [5, 5.41) is 9.20. The lowest BCUT2D eigenvalue weighted by molar-refractivity contribution is 0.0696. The summed E-state index contributed by atoms with van der Waals surface area (Å²) in [5.41, 5.74) is 0.125. The normalized spacial score (nSPS) is 16.2. The smallest absolute Gasteiger partial charge is 0.337 e. The number of nitrogens with zero attached hydrogens (tertiary/aromatic N) is 2. The van der Waals surface area contributed by atoms with E-state index >= 15 is 0 Å². The van der Waals surface area contributed by atoms with Crippen LogP contribution in [-0.2, 0) is 0 Å². The van der Waals surface area contributed by atoms with Gasteiger partial charge >= 0.3 is 5.97 Å². The van der Waals surface area contributed by atoms with Crippen molar-refractivity contribution in [3.63, 3.8) is 0 Å². The lowest BCUT2D eigenvalue weighted by Gasteiger charge is -2.28. The Balaban J connectivity index is 2.24. The number of pyridine rings is 1. The van der Waals surface area contributed by atoms with Crippen molar-refractivity contribution in [2.24, 2.45) is 0 Å². The fourth-order valence-electron chi connectivity index (χ4n) is 1.56. The summed E-state index contributed by atoms with van der Waals surface area (Å²) in [6.07, 6.45) is 1.35. The third-order valence-corrected chi connectivity index (χ3v) is 3.60. The van der Waals surface area contributed by atoms with Gasteiger partial charge in [0.15, 0.2) is 0 Å². The van der Waals surface area contributed by atoms with Gasteiger partial charge in [-0.2, -0.15) is 11.8 Å². The molecule has 0 saturated carbocycles. The minimum Gasteiger partial charge on any atom is -0.478 e. The Morgan fingerprint density at radius 3 is 2.75 bits per heavy atom. The molecular weight excluding hydrogens is 248 g/mol. The number of carboxylic acid groups (broad SMARTS) is 1. The van der Waals surface area contributed by atoms with Gasteiger partial charge in [0.1, 0.15) is 5.82 Å². The molecule has 1 saturated heterocycles. The van der Waals surface area contributed by atoms with Gasteiger partial charge in [-0.25, -0.2) is 9.78 Å². The number of halogens is 1. The molecule has 1 aromatic rings. The number of hydrogen-bond donors (Lipinski definition) is 1. The summed E-state index contributed by atoms with van der Waals surface area (Å²) in [5.74, 6) is 1.79. The first-order valence-electron chi connectivity index (χ1n) is 4.90. The first-order valence-corrected chi connectivity index (χ1v) is 6.43. The zero-order chi connectivity index (χ0) is 11.5. The number of aromatic nitrogens is 1. The molecule has 1 aliphatic heterocycles. The van der Waals surface area contributed by atoms with Crippen molar-refractivity contribution >= 4 is 35.1 Å². The molecule has 1 N–H and O–H groups in total. The largest absolute Gasteiger partial charge is 0.478 e. The lowest BCUT2D eigenvalue weighted by atomic mass is 10.3. The van der Waals surface area contributed by atoms with E-state index in [2.05, 4.69) is 9.88 Å². The van der Waals surface area contributed by atoms with Gasteiger partial charge in [0.2, 0.25) is 0 Å². The molecular formula is C10H11ClN2O2S. The van der Waals surface area contributed by atoms with E-state index in [1.807, 2.05) is 11.8 Å². The highest BCUT2D eigenvalue weighted by molar-refractivity contribution is 7.99. The molecule has 0 aliphatic carbocycles. The minimum absolute atomic E-state index is 0.125. The zero-order valence-electron chi connectivity index (χ0n) is 8.52. The first kappa shape index (κ1) is 11.5. The molecule has 0 bridgehead atoms. The quantitative estimate of drug-likeness (QED) is 0.879. The Morgan fingerprint density at radius 2 is 2.19 bits per heavy atom. The van der Waals surface area contributed by atoms with Crippen molar-refractivity contribution in [3.8, 4) is 0 Å². The maximum absolute atomic E-state index is 10.7. The number of aromatic carboxylic acids is 1. The molecule has 86 valence electrons. The van der Waals surface area contributed by atoms with Crippen molar-refractivity contribution in [1.82, 2.24) is 4.98 Å². The highest BCUT2D eigenvalue weighted by atomic mass is 35.5. The average molecular weight is 259 g/mol. The van der Waals surface area contributed by atoms with Gasteiger partial charge in [0, 0.05) is 30.8 Å². The summed E-state index contributed by atoms with van der Waals surface area (Å²) >= 11 is 7.93. The van der Waals surface area contributed by atoms with Gasteiger partial charge in [-0.15, -0.1) is 0 Å². The number of thioether (sulfide) groups is 1. The number of hydrogen-bond acceptors (Lipinski definition) is 4. The molecule has 0 amide bonds. The van der Waals surface area contributed by atoms with Crippen LogP contribution in [0.2, 0.25) is 5.02 Å². The van der Waals surface area contributed by atoms with Crippen LogP contribution in [0.25, 0.3) is 0 Å². The number of carboxylic acids is 1. The SMILES string of the molecule is O=C(O)c1cnc(N2CCSCC2)c(Cl)c1.